The number of aromatic nitrogens is 3. The first-order valence-corrected chi connectivity index (χ1v) is 18.1. The van der Waals surface area contributed by atoms with Crippen molar-refractivity contribution < 1.29 is 9.59 Å². The van der Waals surface area contributed by atoms with Gasteiger partial charge in [0.25, 0.3) is 0 Å². The molecule has 3 aromatic rings. The Bertz CT molecular complexity index is 1620. The molecule has 1 atom stereocenters. The van der Waals surface area contributed by atoms with Crippen LogP contribution in [0.3, 0.4) is 0 Å². The molecular weight excluding hydrogens is 626 g/mol. The number of rotatable bonds is 9. The summed E-state index contributed by atoms with van der Waals surface area (Å²) in [5.74, 6) is 1.50. The van der Waals surface area contributed by atoms with E-state index in [1.807, 2.05) is 59.2 Å². The van der Waals surface area contributed by atoms with E-state index in [1.165, 1.54) is 17.5 Å². The van der Waals surface area contributed by atoms with Gasteiger partial charge in [-0.1, -0.05) is 54.9 Å². The lowest BCUT2D eigenvalue weighted by atomic mass is 9.78. The number of nitrogen functional groups attached to an aromatic ring is 1. The Morgan fingerprint density at radius 3 is 2.21 bits per heavy atom. The molecule has 4 heterocycles. The van der Waals surface area contributed by atoms with Crippen LogP contribution in [0.2, 0.25) is 5.02 Å². The molecule has 3 aliphatic rings. The van der Waals surface area contributed by atoms with Crippen LogP contribution >= 0.6 is 11.6 Å². The SMILES string of the molecule is CCc1cc(C[C@@H](CC(=O)N2CCC(n3nc(-c4ccccc4)[nH]c3=O)CC2)C(=O)N2CCC(C3CCN(C)CC3)CC2)cc(Cl)c1N. The number of aromatic amines is 1. The summed E-state index contributed by atoms with van der Waals surface area (Å²) in [5, 5.41) is 5.08. The van der Waals surface area contributed by atoms with Crippen molar-refractivity contribution in [2.24, 2.45) is 17.8 Å². The lowest BCUT2D eigenvalue weighted by Crippen LogP contribution is -2.46. The number of carbonyl (C=O) groups excluding carboxylic acids is 2. The van der Waals surface area contributed by atoms with Crippen LogP contribution in [-0.2, 0) is 22.4 Å². The van der Waals surface area contributed by atoms with Crippen molar-refractivity contribution >= 4 is 29.1 Å². The first-order chi connectivity index (χ1) is 23.2. The Morgan fingerprint density at radius 1 is 0.938 bits per heavy atom. The number of amides is 2. The van der Waals surface area contributed by atoms with Crippen molar-refractivity contribution in [2.75, 3.05) is 52.0 Å². The Hall–Kier alpha value is -3.63. The van der Waals surface area contributed by atoms with Gasteiger partial charge in [-0.05, 0) is 101 Å². The van der Waals surface area contributed by atoms with Gasteiger partial charge in [0.1, 0.15) is 0 Å². The van der Waals surface area contributed by atoms with Crippen LogP contribution in [0.25, 0.3) is 11.4 Å². The molecule has 2 aromatic carbocycles. The van der Waals surface area contributed by atoms with E-state index in [1.54, 1.807) is 0 Å². The Balaban J connectivity index is 1.11. The van der Waals surface area contributed by atoms with Gasteiger partial charge in [0.2, 0.25) is 11.8 Å². The second kappa shape index (κ2) is 15.3. The maximum absolute atomic E-state index is 14.2. The second-order valence-electron chi connectivity index (χ2n) is 14.1. The molecular formula is C37H50ClN7O3. The number of hydrogen-bond donors (Lipinski definition) is 2. The van der Waals surface area contributed by atoms with Crippen molar-refractivity contribution in [3.05, 3.63) is 69.1 Å². The number of H-pyrrole nitrogens is 1. The smallest absolute Gasteiger partial charge is 0.343 e. The largest absolute Gasteiger partial charge is 0.397 e. The van der Waals surface area contributed by atoms with Crippen LogP contribution in [0.5, 0.6) is 0 Å². The van der Waals surface area contributed by atoms with Crippen molar-refractivity contribution in [1.29, 1.82) is 0 Å². The minimum atomic E-state index is -0.484. The number of aryl methyl sites for hydroxylation is 1. The Kier molecular flexibility index (Phi) is 10.9. The van der Waals surface area contributed by atoms with Crippen molar-refractivity contribution in [2.45, 2.75) is 70.8 Å². The highest BCUT2D eigenvalue weighted by molar-refractivity contribution is 6.33. The molecule has 3 saturated heterocycles. The van der Waals surface area contributed by atoms with E-state index in [0.717, 1.165) is 68.0 Å². The van der Waals surface area contributed by atoms with Crippen LogP contribution in [0.15, 0.2) is 47.3 Å². The van der Waals surface area contributed by atoms with Crippen LogP contribution < -0.4 is 11.4 Å². The maximum Gasteiger partial charge on any atom is 0.343 e. The number of halogens is 1. The number of carbonyl (C=O) groups is 2. The van der Waals surface area contributed by atoms with Gasteiger partial charge in [-0.3, -0.25) is 14.6 Å². The van der Waals surface area contributed by atoms with Gasteiger partial charge >= 0.3 is 5.69 Å². The van der Waals surface area contributed by atoms with Crippen molar-refractivity contribution in [3.63, 3.8) is 0 Å². The van der Waals surface area contributed by atoms with E-state index in [4.69, 9.17) is 17.3 Å². The van der Waals surface area contributed by atoms with Gasteiger partial charge in [-0.2, -0.15) is 0 Å². The molecule has 48 heavy (non-hydrogen) atoms. The molecule has 3 fully saturated rings. The predicted octanol–water partition coefficient (Wildman–Crippen LogP) is 5.03. The third-order valence-electron chi connectivity index (χ3n) is 11.0. The van der Waals surface area contributed by atoms with E-state index in [9.17, 15) is 14.4 Å². The summed E-state index contributed by atoms with van der Waals surface area (Å²) >= 11 is 6.52. The summed E-state index contributed by atoms with van der Waals surface area (Å²) in [6.45, 7) is 6.87. The molecule has 0 saturated carbocycles. The molecule has 11 heteroatoms. The van der Waals surface area contributed by atoms with Crippen molar-refractivity contribution in [1.82, 2.24) is 29.5 Å². The van der Waals surface area contributed by atoms with Gasteiger partial charge in [0.15, 0.2) is 5.82 Å². The minimum Gasteiger partial charge on any atom is -0.397 e. The quantitative estimate of drug-likeness (QED) is 0.307. The Labute approximate surface area is 288 Å². The molecule has 0 aliphatic carbocycles. The van der Waals surface area contributed by atoms with Crippen LogP contribution in [0, 0.1) is 17.8 Å². The fourth-order valence-electron chi connectivity index (χ4n) is 8.04. The molecule has 0 bridgehead atoms. The monoisotopic (exact) mass is 675 g/mol. The number of benzene rings is 2. The molecule has 6 rings (SSSR count). The van der Waals surface area contributed by atoms with Gasteiger partial charge in [-0.15, -0.1) is 5.10 Å². The van der Waals surface area contributed by atoms with E-state index >= 15 is 0 Å². The zero-order valence-electron chi connectivity index (χ0n) is 28.4. The summed E-state index contributed by atoms with van der Waals surface area (Å²) in [4.78, 5) is 49.9. The highest BCUT2D eigenvalue weighted by Crippen LogP contribution is 2.34. The van der Waals surface area contributed by atoms with Gasteiger partial charge in [0, 0.05) is 38.2 Å². The average Bonchev–Trinajstić information content (AvgIpc) is 3.51. The molecule has 258 valence electrons. The average molecular weight is 676 g/mol. The highest BCUT2D eigenvalue weighted by atomic mass is 35.5. The zero-order valence-corrected chi connectivity index (χ0v) is 29.1. The van der Waals surface area contributed by atoms with Gasteiger partial charge in [-0.25, -0.2) is 9.48 Å². The third kappa shape index (κ3) is 7.81. The first kappa shape index (κ1) is 34.2. The normalized spacial score (nSPS) is 19.5. The predicted molar refractivity (Wildman–Crippen MR) is 190 cm³/mol. The molecule has 0 spiro atoms. The van der Waals surface area contributed by atoms with E-state index in [0.29, 0.717) is 54.8 Å². The Morgan fingerprint density at radius 2 is 1.56 bits per heavy atom. The van der Waals surface area contributed by atoms with Crippen LogP contribution in [-0.4, -0.2) is 87.6 Å². The summed E-state index contributed by atoms with van der Waals surface area (Å²) < 4.78 is 1.53. The molecule has 2 amide bonds. The summed E-state index contributed by atoms with van der Waals surface area (Å²) in [5.41, 5.74) is 9.31. The lowest BCUT2D eigenvalue weighted by Gasteiger charge is -2.40. The third-order valence-corrected chi connectivity index (χ3v) is 11.4. The van der Waals surface area contributed by atoms with Gasteiger partial charge in [0.05, 0.1) is 22.7 Å². The van der Waals surface area contributed by atoms with Crippen LogP contribution in [0.4, 0.5) is 5.69 Å². The number of piperidine rings is 3. The lowest BCUT2D eigenvalue weighted by molar-refractivity contribution is -0.143. The van der Waals surface area contributed by atoms with Crippen molar-refractivity contribution in [3.8, 4) is 11.4 Å². The number of anilines is 1. The molecule has 1 aromatic heterocycles. The number of hydrogen-bond acceptors (Lipinski definition) is 6. The van der Waals surface area contributed by atoms with Crippen LogP contribution in [0.1, 0.15) is 69.0 Å². The number of nitrogens with one attached hydrogen (secondary N) is 1. The topological polar surface area (TPSA) is 121 Å². The molecule has 0 radical (unpaired) electrons. The number of nitrogens with two attached hydrogens (primary N) is 1. The van der Waals surface area contributed by atoms with E-state index < -0.39 is 5.92 Å². The van der Waals surface area contributed by atoms with E-state index in [-0.39, 0.29) is 30.0 Å². The van der Waals surface area contributed by atoms with Gasteiger partial charge < -0.3 is 20.4 Å². The summed E-state index contributed by atoms with van der Waals surface area (Å²) in [6, 6.07) is 13.4. The fourth-order valence-corrected chi connectivity index (χ4v) is 8.30. The zero-order chi connectivity index (χ0) is 33.8. The standard InChI is InChI=1S/C37H50ClN7O3/c1-3-26-21-25(23-32(38)34(26)39)22-30(36(47)44-17-11-28(12-18-44)27-9-15-42(2)16-10-27)24-33(46)43-19-13-31(14-20-43)45-37(48)40-35(41-45)29-7-5-4-6-8-29/h4-8,21,23,27-28,30-31H,3,9-20,22,24,39H2,1-2H3,(H,40,41,48)/t30-/m0/s1. The number of likely N-dealkylation sites (tertiary alicyclic amines) is 3. The molecule has 10 nitrogen and oxygen atoms in total. The highest BCUT2D eigenvalue weighted by Gasteiger charge is 2.35. The molecule has 3 N–H and O–H groups in total. The summed E-state index contributed by atoms with van der Waals surface area (Å²) in [6.07, 6.45) is 7.11. The molecule has 0 unspecified atom stereocenters. The molecule has 3 aliphatic heterocycles. The first-order valence-electron chi connectivity index (χ1n) is 17.8. The number of nitrogens with zero attached hydrogens (tertiary/aromatic N) is 5. The second-order valence-corrected chi connectivity index (χ2v) is 14.5. The fraction of sp³-hybridized carbons (Fsp3) is 0.568. The van der Waals surface area contributed by atoms with E-state index in [2.05, 4.69) is 22.0 Å². The minimum absolute atomic E-state index is 0.0235. The summed E-state index contributed by atoms with van der Waals surface area (Å²) in [7, 11) is 2.20. The maximum atomic E-state index is 14.2.